The van der Waals surface area contributed by atoms with Crippen LogP contribution in [0.3, 0.4) is 0 Å². The lowest BCUT2D eigenvalue weighted by molar-refractivity contribution is 0.153. The lowest BCUT2D eigenvalue weighted by Gasteiger charge is -2.18. The molecule has 1 nitrogen and oxygen atoms in total. The van der Waals surface area contributed by atoms with E-state index in [0.717, 1.165) is 0 Å². The Morgan fingerprint density at radius 3 is 2.36 bits per heavy atom. The normalized spacial score (nSPS) is 12.1. The second kappa shape index (κ2) is 4.87. The standard InChI is InChI=1S/C8H17B2O/c1-7(2)10-6-11-5-8(3,4)9/h7H,5-6H2,1-4H3. The van der Waals surface area contributed by atoms with Crippen molar-refractivity contribution in [2.45, 2.75) is 38.8 Å². The highest BCUT2D eigenvalue weighted by Crippen LogP contribution is 2.17. The van der Waals surface area contributed by atoms with E-state index in [-0.39, 0.29) is 5.31 Å². The monoisotopic (exact) mass is 151 g/mol. The van der Waals surface area contributed by atoms with Crippen LogP contribution in [0.5, 0.6) is 0 Å². The van der Waals surface area contributed by atoms with Gasteiger partial charge in [0.25, 0.3) is 0 Å². The molecule has 0 spiro atoms. The van der Waals surface area contributed by atoms with Crippen molar-refractivity contribution in [1.82, 2.24) is 0 Å². The van der Waals surface area contributed by atoms with Crippen molar-refractivity contribution in [3.8, 4) is 0 Å². The Morgan fingerprint density at radius 2 is 2.00 bits per heavy atom. The van der Waals surface area contributed by atoms with E-state index in [1.165, 1.54) is 0 Å². The molecular formula is C8H17B2O. The van der Waals surface area contributed by atoms with Gasteiger partial charge in [-0.05, 0) is 5.31 Å². The Hall–Kier alpha value is 0.0899. The van der Waals surface area contributed by atoms with E-state index in [1.807, 2.05) is 13.8 Å². The maximum absolute atomic E-state index is 5.71. The van der Waals surface area contributed by atoms with E-state index in [9.17, 15) is 0 Å². The van der Waals surface area contributed by atoms with Crippen LogP contribution in [0, 0.1) is 0 Å². The molecule has 11 heavy (non-hydrogen) atoms. The second-order valence-electron chi connectivity index (χ2n) is 3.98. The van der Waals surface area contributed by atoms with Crippen LogP contribution in [0.4, 0.5) is 0 Å². The first kappa shape index (κ1) is 11.1. The van der Waals surface area contributed by atoms with Crippen molar-refractivity contribution in [3.63, 3.8) is 0 Å². The van der Waals surface area contributed by atoms with Gasteiger partial charge in [-0.15, -0.1) is 0 Å². The van der Waals surface area contributed by atoms with Gasteiger partial charge in [0.05, 0.1) is 7.85 Å². The summed E-state index contributed by atoms with van der Waals surface area (Å²) < 4.78 is 5.33. The van der Waals surface area contributed by atoms with Gasteiger partial charge in [-0.2, -0.15) is 0 Å². The molecule has 0 aromatic heterocycles. The first-order valence-electron chi connectivity index (χ1n) is 4.12. The number of rotatable bonds is 5. The molecule has 0 N–H and O–H groups in total. The van der Waals surface area contributed by atoms with E-state index in [0.29, 0.717) is 18.9 Å². The zero-order chi connectivity index (χ0) is 8.91. The highest BCUT2D eigenvalue weighted by molar-refractivity contribution is 6.37. The van der Waals surface area contributed by atoms with Crippen LogP contribution in [0.25, 0.3) is 0 Å². The average Bonchev–Trinajstić information content (AvgIpc) is 1.78. The summed E-state index contributed by atoms with van der Waals surface area (Å²) in [6, 6.07) is 0. The first-order chi connectivity index (χ1) is 4.92. The van der Waals surface area contributed by atoms with E-state index >= 15 is 0 Å². The summed E-state index contributed by atoms with van der Waals surface area (Å²) in [5, 5.41) is -0.204. The van der Waals surface area contributed by atoms with Crippen molar-refractivity contribution in [3.05, 3.63) is 0 Å². The first-order valence-corrected chi connectivity index (χ1v) is 4.12. The minimum absolute atomic E-state index is 0.204. The van der Waals surface area contributed by atoms with Crippen LogP contribution in [-0.4, -0.2) is 28.2 Å². The Bertz CT molecular complexity index is 96.8. The second-order valence-corrected chi connectivity index (χ2v) is 3.98. The van der Waals surface area contributed by atoms with Crippen LogP contribution in [-0.2, 0) is 4.74 Å². The fraction of sp³-hybridized carbons (Fsp3) is 1.00. The summed E-state index contributed by atoms with van der Waals surface area (Å²) in [5.74, 6) is 0.593. The summed E-state index contributed by atoms with van der Waals surface area (Å²) in [6.07, 6.45) is 0. The van der Waals surface area contributed by atoms with Gasteiger partial charge < -0.3 is 4.74 Å². The van der Waals surface area contributed by atoms with Gasteiger partial charge in [-0.25, -0.2) is 0 Å². The molecule has 0 aliphatic heterocycles. The van der Waals surface area contributed by atoms with Gasteiger partial charge >= 0.3 is 0 Å². The SMILES string of the molecule is [B]C(C)(C)COC[B]C(C)C. The molecule has 0 amide bonds. The Kier molecular flexibility index (Phi) is 4.91. The summed E-state index contributed by atoms with van der Waals surface area (Å²) in [5.41, 5.74) is 0. The van der Waals surface area contributed by atoms with Crippen LogP contribution < -0.4 is 0 Å². The van der Waals surface area contributed by atoms with Crippen LogP contribution in [0.2, 0.25) is 11.1 Å². The third-order valence-electron chi connectivity index (χ3n) is 1.16. The van der Waals surface area contributed by atoms with Crippen LogP contribution >= 0.6 is 0 Å². The van der Waals surface area contributed by atoms with Gasteiger partial charge in [-0.3, -0.25) is 0 Å². The average molecular weight is 151 g/mol. The molecule has 0 saturated carbocycles. The molecule has 3 radical (unpaired) electrons. The number of hydrogen-bond donors (Lipinski definition) is 0. The molecule has 0 unspecified atom stereocenters. The zero-order valence-corrected chi connectivity index (χ0v) is 8.05. The smallest absolute Gasteiger partial charge is 0.148 e. The van der Waals surface area contributed by atoms with E-state index < -0.39 is 0 Å². The fourth-order valence-corrected chi connectivity index (χ4v) is 0.582. The van der Waals surface area contributed by atoms with Gasteiger partial charge in [0.2, 0.25) is 0 Å². The molecule has 61 valence electrons. The Balaban J connectivity index is 3.15. The van der Waals surface area contributed by atoms with E-state index in [2.05, 4.69) is 21.1 Å². The summed E-state index contributed by atoms with van der Waals surface area (Å²) in [7, 11) is 7.84. The minimum Gasteiger partial charge on any atom is -0.391 e. The maximum Gasteiger partial charge on any atom is 0.148 e. The summed E-state index contributed by atoms with van der Waals surface area (Å²) in [4.78, 5) is 0. The molecule has 0 heterocycles. The van der Waals surface area contributed by atoms with Crippen LogP contribution in [0.15, 0.2) is 0 Å². The Morgan fingerprint density at radius 1 is 1.45 bits per heavy atom. The summed E-state index contributed by atoms with van der Waals surface area (Å²) >= 11 is 0. The lowest BCUT2D eigenvalue weighted by atomic mass is 9.67. The molecular weight excluding hydrogens is 134 g/mol. The molecule has 3 heteroatoms. The quantitative estimate of drug-likeness (QED) is 0.430. The van der Waals surface area contributed by atoms with Crippen molar-refractivity contribution < 1.29 is 4.74 Å². The van der Waals surface area contributed by atoms with Gasteiger partial charge in [0.15, 0.2) is 0 Å². The third kappa shape index (κ3) is 10.1. The third-order valence-corrected chi connectivity index (χ3v) is 1.16. The topological polar surface area (TPSA) is 9.23 Å². The highest BCUT2D eigenvalue weighted by Gasteiger charge is 2.09. The molecule has 0 fully saturated rings. The number of hydrogen-bond acceptors (Lipinski definition) is 1. The zero-order valence-electron chi connectivity index (χ0n) is 8.05. The summed E-state index contributed by atoms with van der Waals surface area (Å²) in [6.45, 7) is 9.52. The fourth-order valence-electron chi connectivity index (χ4n) is 0.582. The molecule has 0 atom stereocenters. The molecule has 0 aliphatic rings. The highest BCUT2D eigenvalue weighted by atomic mass is 16.5. The molecule has 0 aliphatic carbocycles. The molecule has 0 bridgehead atoms. The van der Waals surface area contributed by atoms with Crippen molar-refractivity contribution in [1.29, 1.82) is 0 Å². The van der Waals surface area contributed by atoms with E-state index in [4.69, 9.17) is 12.6 Å². The molecule has 0 aromatic rings. The largest absolute Gasteiger partial charge is 0.391 e. The van der Waals surface area contributed by atoms with Crippen molar-refractivity contribution >= 4 is 15.1 Å². The van der Waals surface area contributed by atoms with Gasteiger partial charge in [0.1, 0.15) is 7.28 Å². The van der Waals surface area contributed by atoms with E-state index in [1.54, 1.807) is 0 Å². The minimum atomic E-state index is -0.204. The molecule has 0 saturated heterocycles. The van der Waals surface area contributed by atoms with Gasteiger partial charge in [0, 0.05) is 13.1 Å². The number of ether oxygens (including phenoxy) is 1. The molecule has 0 rings (SSSR count). The van der Waals surface area contributed by atoms with Crippen LogP contribution in [0.1, 0.15) is 27.7 Å². The van der Waals surface area contributed by atoms with Crippen molar-refractivity contribution in [2.75, 3.05) is 13.1 Å². The maximum atomic E-state index is 5.71. The van der Waals surface area contributed by atoms with Crippen molar-refractivity contribution in [2.24, 2.45) is 0 Å². The Labute approximate surface area is 72.5 Å². The van der Waals surface area contributed by atoms with Gasteiger partial charge in [-0.1, -0.05) is 33.5 Å². The predicted octanol–water partition coefficient (Wildman–Crippen LogP) is 1.86. The molecule has 0 aromatic carbocycles. The lowest BCUT2D eigenvalue weighted by Crippen LogP contribution is -2.15. The predicted molar refractivity (Wildman–Crippen MR) is 51.5 cm³/mol.